The van der Waals surface area contributed by atoms with E-state index in [1.165, 1.54) is 0 Å². The minimum atomic E-state index is 0.128. The summed E-state index contributed by atoms with van der Waals surface area (Å²) in [5.41, 5.74) is 7.20. The van der Waals surface area contributed by atoms with Gasteiger partial charge in [0, 0.05) is 26.2 Å². The van der Waals surface area contributed by atoms with Crippen molar-refractivity contribution >= 4 is 22.9 Å². The molecule has 22 heavy (non-hydrogen) atoms. The average Bonchev–Trinajstić information content (AvgIpc) is 3.13. The molecule has 0 saturated heterocycles. The lowest BCUT2D eigenvalue weighted by molar-refractivity contribution is 0.210. The Balaban J connectivity index is 1.92. The van der Waals surface area contributed by atoms with Crippen LogP contribution in [0.4, 0.5) is 11.8 Å². The minimum absolute atomic E-state index is 0.128. The number of aliphatic hydroxyl groups excluding tert-OH is 1. The molecule has 2 aromatic heterocycles. The molecule has 8 heteroatoms. The van der Waals surface area contributed by atoms with Gasteiger partial charge in [-0.3, -0.25) is 0 Å². The van der Waals surface area contributed by atoms with E-state index in [1.807, 2.05) is 10.6 Å². The van der Waals surface area contributed by atoms with E-state index >= 15 is 0 Å². The summed E-state index contributed by atoms with van der Waals surface area (Å²) in [7, 11) is 1.64. The van der Waals surface area contributed by atoms with Gasteiger partial charge >= 0.3 is 0 Å². The summed E-state index contributed by atoms with van der Waals surface area (Å²) in [6, 6.07) is 0.128. The number of rotatable bonds is 6. The standard InChI is InChI=1S/C14H20N6O2/c1-22-5-4-16-12-11-13(19-14(15)18-12)20(8-17-11)10-3-2-9(6-10)7-21/h2-3,8-10,21H,4-7H2,1H3,(H3,15,16,18,19)/t9-,10+/m1/s1. The van der Waals surface area contributed by atoms with Crippen molar-refractivity contribution in [2.45, 2.75) is 12.5 Å². The molecule has 2 heterocycles. The first kappa shape index (κ1) is 14.7. The number of nitrogens with one attached hydrogen (secondary N) is 1. The van der Waals surface area contributed by atoms with Gasteiger partial charge in [-0.15, -0.1) is 0 Å². The van der Waals surface area contributed by atoms with Gasteiger partial charge in [-0.2, -0.15) is 9.97 Å². The first-order valence-electron chi connectivity index (χ1n) is 7.25. The predicted molar refractivity (Wildman–Crippen MR) is 83.5 cm³/mol. The number of imidazole rings is 1. The molecule has 8 nitrogen and oxygen atoms in total. The van der Waals surface area contributed by atoms with Crippen LogP contribution < -0.4 is 11.1 Å². The van der Waals surface area contributed by atoms with Gasteiger partial charge in [0.25, 0.3) is 0 Å². The third-order valence-corrected chi connectivity index (χ3v) is 3.78. The number of nitrogen functional groups attached to an aromatic ring is 1. The van der Waals surface area contributed by atoms with E-state index in [4.69, 9.17) is 10.5 Å². The SMILES string of the molecule is COCCNc1nc(N)nc2c1ncn2[C@H]1C=C[C@@H](CO)C1. The molecule has 2 atom stereocenters. The van der Waals surface area contributed by atoms with Crippen LogP contribution in [0.1, 0.15) is 12.5 Å². The number of allylic oxidation sites excluding steroid dienone is 1. The van der Waals surface area contributed by atoms with E-state index in [2.05, 4.69) is 26.3 Å². The van der Waals surface area contributed by atoms with Crippen molar-refractivity contribution in [2.75, 3.05) is 37.9 Å². The fourth-order valence-corrected chi connectivity index (χ4v) is 2.67. The van der Waals surface area contributed by atoms with Crippen LogP contribution in [0.2, 0.25) is 0 Å². The Kier molecular flexibility index (Phi) is 4.21. The third kappa shape index (κ3) is 2.75. The summed E-state index contributed by atoms with van der Waals surface area (Å²) in [6.45, 7) is 1.33. The van der Waals surface area contributed by atoms with E-state index in [-0.39, 0.29) is 24.5 Å². The van der Waals surface area contributed by atoms with Crippen LogP contribution in [-0.4, -0.2) is 51.5 Å². The Morgan fingerprint density at radius 1 is 1.45 bits per heavy atom. The highest BCUT2D eigenvalue weighted by Gasteiger charge is 2.22. The van der Waals surface area contributed by atoms with E-state index in [0.717, 1.165) is 6.42 Å². The maximum Gasteiger partial charge on any atom is 0.224 e. The normalized spacial score (nSPS) is 20.8. The van der Waals surface area contributed by atoms with Crippen molar-refractivity contribution in [3.8, 4) is 0 Å². The maximum atomic E-state index is 9.26. The fraction of sp³-hybridized carbons (Fsp3) is 0.500. The molecule has 0 saturated carbocycles. The predicted octanol–water partition coefficient (Wildman–Crippen LogP) is 0.576. The molecule has 0 amide bonds. The number of nitrogens with zero attached hydrogens (tertiary/aromatic N) is 4. The molecule has 0 fully saturated rings. The second-order valence-electron chi connectivity index (χ2n) is 5.30. The molecule has 1 aliphatic carbocycles. The van der Waals surface area contributed by atoms with E-state index in [0.29, 0.717) is 30.1 Å². The molecule has 0 aromatic carbocycles. The number of fused-ring (bicyclic) bond motifs is 1. The van der Waals surface area contributed by atoms with Gasteiger partial charge in [0.05, 0.1) is 19.0 Å². The molecular formula is C14H20N6O2. The van der Waals surface area contributed by atoms with Crippen molar-refractivity contribution in [2.24, 2.45) is 5.92 Å². The minimum Gasteiger partial charge on any atom is -0.396 e. The van der Waals surface area contributed by atoms with Crippen molar-refractivity contribution in [1.82, 2.24) is 19.5 Å². The summed E-state index contributed by atoms with van der Waals surface area (Å²) in [6.07, 6.45) is 6.67. The molecule has 0 radical (unpaired) electrons. The Bertz CT molecular complexity index is 683. The molecule has 2 aromatic rings. The molecule has 4 N–H and O–H groups in total. The fourth-order valence-electron chi connectivity index (χ4n) is 2.67. The van der Waals surface area contributed by atoms with Crippen LogP contribution in [0.3, 0.4) is 0 Å². The number of ether oxygens (including phenoxy) is 1. The number of aliphatic hydroxyl groups is 1. The Morgan fingerprint density at radius 2 is 2.32 bits per heavy atom. The summed E-state index contributed by atoms with van der Waals surface area (Å²) in [4.78, 5) is 12.9. The number of methoxy groups -OCH3 is 1. The van der Waals surface area contributed by atoms with Gasteiger partial charge in [-0.05, 0) is 6.42 Å². The molecule has 118 valence electrons. The van der Waals surface area contributed by atoms with E-state index in [1.54, 1.807) is 13.4 Å². The highest BCUT2D eigenvalue weighted by Crippen LogP contribution is 2.31. The van der Waals surface area contributed by atoms with Crippen molar-refractivity contribution in [3.05, 3.63) is 18.5 Å². The second-order valence-corrected chi connectivity index (χ2v) is 5.30. The Hall–Kier alpha value is -2.19. The van der Waals surface area contributed by atoms with Crippen LogP contribution in [0.25, 0.3) is 11.2 Å². The molecule has 1 aliphatic rings. The molecule has 3 rings (SSSR count). The molecular weight excluding hydrogens is 284 g/mol. The largest absolute Gasteiger partial charge is 0.396 e. The summed E-state index contributed by atoms with van der Waals surface area (Å²) < 4.78 is 6.99. The number of anilines is 2. The third-order valence-electron chi connectivity index (χ3n) is 3.78. The molecule has 0 bridgehead atoms. The highest BCUT2D eigenvalue weighted by molar-refractivity contribution is 5.84. The highest BCUT2D eigenvalue weighted by atomic mass is 16.5. The van der Waals surface area contributed by atoms with E-state index < -0.39 is 0 Å². The van der Waals surface area contributed by atoms with Gasteiger partial charge in [-0.1, -0.05) is 12.2 Å². The zero-order chi connectivity index (χ0) is 15.5. The molecule has 0 unspecified atom stereocenters. The van der Waals surface area contributed by atoms with Crippen molar-refractivity contribution in [3.63, 3.8) is 0 Å². The topological polar surface area (TPSA) is 111 Å². The van der Waals surface area contributed by atoms with Crippen LogP contribution in [0.5, 0.6) is 0 Å². The molecule has 0 aliphatic heterocycles. The van der Waals surface area contributed by atoms with Crippen molar-refractivity contribution in [1.29, 1.82) is 0 Å². The number of aromatic nitrogens is 4. The Labute approximate surface area is 128 Å². The van der Waals surface area contributed by atoms with Crippen LogP contribution in [0.15, 0.2) is 18.5 Å². The number of hydrogen-bond donors (Lipinski definition) is 3. The second kappa shape index (κ2) is 6.29. The first-order chi connectivity index (χ1) is 10.7. The Morgan fingerprint density at radius 3 is 3.05 bits per heavy atom. The summed E-state index contributed by atoms with van der Waals surface area (Å²) >= 11 is 0. The quantitative estimate of drug-likeness (QED) is 0.528. The van der Waals surface area contributed by atoms with Gasteiger partial charge in [0.1, 0.15) is 0 Å². The summed E-state index contributed by atoms with van der Waals surface area (Å²) in [5.74, 6) is 0.995. The van der Waals surface area contributed by atoms with Gasteiger partial charge in [0.2, 0.25) is 5.95 Å². The monoisotopic (exact) mass is 304 g/mol. The van der Waals surface area contributed by atoms with Crippen LogP contribution >= 0.6 is 0 Å². The van der Waals surface area contributed by atoms with Gasteiger partial charge < -0.3 is 25.5 Å². The smallest absolute Gasteiger partial charge is 0.224 e. The number of hydrogen-bond acceptors (Lipinski definition) is 7. The first-order valence-corrected chi connectivity index (χ1v) is 7.25. The lowest BCUT2D eigenvalue weighted by atomic mass is 10.1. The van der Waals surface area contributed by atoms with Gasteiger partial charge in [0.15, 0.2) is 17.0 Å². The lowest BCUT2D eigenvalue weighted by Gasteiger charge is -2.13. The van der Waals surface area contributed by atoms with E-state index in [9.17, 15) is 5.11 Å². The number of nitrogens with two attached hydrogens (primary N) is 1. The van der Waals surface area contributed by atoms with Crippen LogP contribution in [0, 0.1) is 5.92 Å². The average molecular weight is 304 g/mol. The van der Waals surface area contributed by atoms with Gasteiger partial charge in [-0.25, -0.2) is 4.98 Å². The van der Waals surface area contributed by atoms with Crippen LogP contribution in [-0.2, 0) is 4.74 Å². The van der Waals surface area contributed by atoms with Crippen molar-refractivity contribution < 1.29 is 9.84 Å². The summed E-state index contributed by atoms with van der Waals surface area (Å²) in [5, 5.41) is 12.4. The molecule has 0 spiro atoms. The zero-order valence-corrected chi connectivity index (χ0v) is 12.4. The zero-order valence-electron chi connectivity index (χ0n) is 12.4. The maximum absolute atomic E-state index is 9.26. The lowest BCUT2D eigenvalue weighted by Crippen LogP contribution is -2.12.